The van der Waals surface area contributed by atoms with Gasteiger partial charge >= 0.3 is 0 Å². The zero-order valence-corrected chi connectivity index (χ0v) is 20.5. The van der Waals surface area contributed by atoms with Crippen molar-refractivity contribution in [3.05, 3.63) is 65.2 Å². The van der Waals surface area contributed by atoms with Gasteiger partial charge in [0, 0.05) is 12.6 Å². The highest BCUT2D eigenvalue weighted by Crippen LogP contribution is 2.26. The van der Waals surface area contributed by atoms with Gasteiger partial charge in [-0.2, -0.15) is 0 Å². The van der Waals surface area contributed by atoms with Crippen LogP contribution in [0.1, 0.15) is 75.5 Å². The van der Waals surface area contributed by atoms with Crippen molar-refractivity contribution in [1.29, 1.82) is 0 Å². The maximum Gasteiger partial charge on any atom is 0.261 e. The molecule has 5 nitrogen and oxygen atoms in total. The summed E-state index contributed by atoms with van der Waals surface area (Å²) in [6.07, 6.45) is 5.55. The molecule has 2 amide bonds. The molecule has 0 radical (unpaired) electrons. The molecular formula is C28H38N2O3. The second-order valence-corrected chi connectivity index (χ2v) is 9.51. The average molecular weight is 451 g/mol. The number of hydrogen-bond donors (Lipinski definition) is 1. The Hall–Kier alpha value is -2.82. The first-order valence-corrected chi connectivity index (χ1v) is 12.2. The maximum atomic E-state index is 13.3. The van der Waals surface area contributed by atoms with Gasteiger partial charge in [0.15, 0.2) is 6.61 Å². The first-order chi connectivity index (χ1) is 15.8. The van der Waals surface area contributed by atoms with Crippen molar-refractivity contribution in [3.63, 3.8) is 0 Å². The molecule has 178 valence electrons. The van der Waals surface area contributed by atoms with E-state index in [2.05, 4.69) is 19.2 Å². The molecule has 1 atom stereocenters. The van der Waals surface area contributed by atoms with E-state index in [-0.39, 0.29) is 24.5 Å². The van der Waals surface area contributed by atoms with E-state index in [9.17, 15) is 9.59 Å². The third-order valence-electron chi connectivity index (χ3n) is 6.48. The van der Waals surface area contributed by atoms with Crippen LogP contribution in [0, 0.1) is 6.92 Å². The van der Waals surface area contributed by atoms with Gasteiger partial charge in [0.1, 0.15) is 11.8 Å². The summed E-state index contributed by atoms with van der Waals surface area (Å²) in [6.45, 7) is 8.32. The van der Waals surface area contributed by atoms with Crippen LogP contribution in [-0.4, -0.2) is 35.4 Å². The molecule has 1 N–H and O–H groups in total. The van der Waals surface area contributed by atoms with Gasteiger partial charge in [-0.3, -0.25) is 9.59 Å². The first kappa shape index (κ1) is 24.8. The molecule has 0 spiro atoms. The van der Waals surface area contributed by atoms with E-state index in [0.29, 0.717) is 12.5 Å². The van der Waals surface area contributed by atoms with Crippen molar-refractivity contribution < 1.29 is 14.3 Å². The zero-order valence-electron chi connectivity index (χ0n) is 20.5. The molecule has 1 aliphatic carbocycles. The normalized spacial score (nSPS) is 15.2. The van der Waals surface area contributed by atoms with E-state index >= 15 is 0 Å². The minimum absolute atomic E-state index is 0.0926. The van der Waals surface area contributed by atoms with E-state index in [4.69, 9.17) is 4.74 Å². The zero-order chi connectivity index (χ0) is 23.8. The molecule has 0 heterocycles. The Kier molecular flexibility index (Phi) is 8.93. The van der Waals surface area contributed by atoms with Crippen molar-refractivity contribution >= 4 is 11.8 Å². The highest BCUT2D eigenvalue weighted by atomic mass is 16.5. The first-order valence-electron chi connectivity index (χ1n) is 12.2. The summed E-state index contributed by atoms with van der Waals surface area (Å²) < 4.78 is 5.95. The van der Waals surface area contributed by atoms with Crippen LogP contribution in [0.2, 0.25) is 0 Å². The molecule has 5 heteroatoms. The Morgan fingerprint density at radius 1 is 1.00 bits per heavy atom. The number of amides is 2. The average Bonchev–Trinajstić information content (AvgIpc) is 2.82. The lowest BCUT2D eigenvalue weighted by Gasteiger charge is -2.31. The number of hydrogen-bond acceptors (Lipinski definition) is 3. The molecule has 0 aromatic heterocycles. The van der Waals surface area contributed by atoms with Crippen molar-refractivity contribution in [3.8, 4) is 5.75 Å². The summed E-state index contributed by atoms with van der Waals surface area (Å²) >= 11 is 0. The quantitative estimate of drug-likeness (QED) is 0.559. The number of aryl methyl sites for hydroxylation is 1. The number of nitrogens with one attached hydrogen (secondary N) is 1. The highest BCUT2D eigenvalue weighted by molar-refractivity contribution is 5.88. The Morgan fingerprint density at radius 3 is 2.33 bits per heavy atom. The van der Waals surface area contributed by atoms with E-state index in [0.717, 1.165) is 48.1 Å². The van der Waals surface area contributed by atoms with Crippen LogP contribution in [0.25, 0.3) is 0 Å². The van der Waals surface area contributed by atoms with Crippen LogP contribution in [0.3, 0.4) is 0 Å². The van der Waals surface area contributed by atoms with E-state index in [1.54, 1.807) is 4.90 Å². The Morgan fingerprint density at radius 2 is 1.67 bits per heavy atom. The molecule has 1 saturated carbocycles. The number of ether oxygens (including phenoxy) is 1. The second-order valence-electron chi connectivity index (χ2n) is 9.51. The summed E-state index contributed by atoms with van der Waals surface area (Å²) in [6, 6.07) is 15.5. The van der Waals surface area contributed by atoms with E-state index < -0.39 is 6.04 Å². The number of carbonyl (C=O) groups is 2. The molecule has 0 saturated heterocycles. The fraction of sp³-hybridized carbons (Fsp3) is 0.500. The number of rotatable bonds is 9. The standard InChI is InChI=1S/C28H38N2O3/c1-20(2)25-12-8-9-13-26(25)33-19-27(31)30(18-23-16-14-21(3)15-17-23)22(4)28(32)29-24-10-6-5-7-11-24/h8-9,12-17,20,22,24H,5-7,10-11,18-19H2,1-4H3,(H,29,32). The van der Waals surface area contributed by atoms with Crippen LogP contribution in [-0.2, 0) is 16.1 Å². The van der Waals surface area contributed by atoms with Crippen molar-refractivity contribution in [2.75, 3.05) is 6.61 Å². The van der Waals surface area contributed by atoms with Crippen molar-refractivity contribution in [2.45, 2.75) is 84.3 Å². The van der Waals surface area contributed by atoms with E-state index in [1.807, 2.05) is 62.4 Å². The summed E-state index contributed by atoms with van der Waals surface area (Å²) in [4.78, 5) is 28.0. The number of carbonyl (C=O) groups excluding carboxylic acids is 2. The van der Waals surface area contributed by atoms with Crippen LogP contribution in [0.5, 0.6) is 5.75 Å². The molecule has 2 aromatic rings. The minimum atomic E-state index is -0.579. The molecule has 2 aromatic carbocycles. The third-order valence-corrected chi connectivity index (χ3v) is 6.48. The SMILES string of the molecule is Cc1ccc(CN(C(=O)COc2ccccc2C(C)C)C(C)C(=O)NC2CCCCC2)cc1. The lowest BCUT2D eigenvalue weighted by molar-refractivity contribution is -0.142. The third kappa shape index (κ3) is 7.08. The number of benzene rings is 2. The lowest BCUT2D eigenvalue weighted by Crippen LogP contribution is -2.51. The molecule has 33 heavy (non-hydrogen) atoms. The molecule has 0 aliphatic heterocycles. The van der Waals surface area contributed by atoms with Crippen LogP contribution in [0.4, 0.5) is 0 Å². The van der Waals surface area contributed by atoms with Gasteiger partial charge in [-0.1, -0.05) is 81.1 Å². The Labute approximate surface area is 198 Å². The lowest BCUT2D eigenvalue weighted by atomic mass is 9.95. The van der Waals surface area contributed by atoms with Gasteiger partial charge < -0.3 is 15.0 Å². The Bertz CT molecular complexity index is 917. The van der Waals surface area contributed by atoms with Crippen LogP contribution >= 0.6 is 0 Å². The monoisotopic (exact) mass is 450 g/mol. The predicted molar refractivity (Wildman–Crippen MR) is 132 cm³/mol. The van der Waals surface area contributed by atoms with Gasteiger partial charge in [0.05, 0.1) is 0 Å². The van der Waals surface area contributed by atoms with Crippen LogP contribution < -0.4 is 10.1 Å². The number of nitrogens with zero attached hydrogens (tertiary/aromatic N) is 1. The predicted octanol–water partition coefficient (Wildman–Crippen LogP) is 5.36. The second kappa shape index (κ2) is 11.9. The fourth-order valence-corrected chi connectivity index (χ4v) is 4.35. The molecule has 0 bridgehead atoms. The van der Waals surface area contributed by atoms with Crippen LogP contribution in [0.15, 0.2) is 48.5 Å². The van der Waals surface area contributed by atoms with Crippen molar-refractivity contribution in [1.82, 2.24) is 10.2 Å². The summed E-state index contributed by atoms with van der Waals surface area (Å²) in [7, 11) is 0. The van der Waals surface area contributed by atoms with Gasteiger partial charge in [-0.05, 0) is 49.8 Å². The smallest absolute Gasteiger partial charge is 0.261 e. The van der Waals surface area contributed by atoms with Gasteiger partial charge in [0.25, 0.3) is 5.91 Å². The molecule has 3 rings (SSSR count). The summed E-state index contributed by atoms with van der Waals surface area (Å²) in [5.74, 6) is 0.723. The highest BCUT2D eigenvalue weighted by Gasteiger charge is 2.28. The Balaban J connectivity index is 1.73. The van der Waals surface area contributed by atoms with E-state index in [1.165, 1.54) is 6.42 Å². The topological polar surface area (TPSA) is 58.6 Å². The van der Waals surface area contributed by atoms with Gasteiger partial charge in [-0.25, -0.2) is 0 Å². The molecule has 1 aliphatic rings. The largest absolute Gasteiger partial charge is 0.483 e. The molecular weight excluding hydrogens is 412 g/mol. The van der Waals surface area contributed by atoms with Gasteiger partial charge in [0.2, 0.25) is 5.91 Å². The fourth-order valence-electron chi connectivity index (χ4n) is 4.35. The minimum Gasteiger partial charge on any atom is -0.483 e. The number of para-hydroxylation sites is 1. The van der Waals surface area contributed by atoms with Crippen molar-refractivity contribution in [2.24, 2.45) is 0 Å². The summed E-state index contributed by atoms with van der Waals surface area (Å²) in [5.41, 5.74) is 3.22. The molecule has 1 unspecified atom stereocenters. The maximum absolute atomic E-state index is 13.3. The van der Waals surface area contributed by atoms with Gasteiger partial charge in [-0.15, -0.1) is 0 Å². The molecule has 1 fully saturated rings. The summed E-state index contributed by atoms with van der Waals surface area (Å²) in [5, 5.41) is 3.17.